The van der Waals surface area contributed by atoms with Crippen LogP contribution in [0.3, 0.4) is 0 Å². The zero-order valence-electron chi connectivity index (χ0n) is 16.3. The summed E-state index contributed by atoms with van der Waals surface area (Å²) in [5.74, 6) is 2.79. The average molecular weight is 368 g/mol. The molecule has 25 heavy (non-hydrogen) atoms. The minimum absolute atomic E-state index is 0.0478. The quantitative estimate of drug-likeness (QED) is 0.588. The molecule has 0 fully saturated rings. The number of carbonyl (C=O) groups is 1. The van der Waals surface area contributed by atoms with Crippen molar-refractivity contribution in [2.75, 3.05) is 18.1 Å². The number of thioether (sulfide) groups is 1. The minimum atomic E-state index is -0.482. The Morgan fingerprint density at radius 2 is 1.88 bits per heavy atom. The lowest BCUT2D eigenvalue weighted by Gasteiger charge is -2.23. The van der Waals surface area contributed by atoms with E-state index in [1.165, 1.54) is 5.56 Å². The van der Waals surface area contributed by atoms with E-state index in [0.29, 0.717) is 0 Å². The van der Waals surface area contributed by atoms with E-state index in [-0.39, 0.29) is 12.1 Å². The van der Waals surface area contributed by atoms with Gasteiger partial charge in [-0.05, 0) is 57.1 Å². The summed E-state index contributed by atoms with van der Waals surface area (Å²) in [5, 5.41) is 3.00. The van der Waals surface area contributed by atoms with Gasteiger partial charge in [0.2, 0.25) is 0 Å². The zero-order chi connectivity index (χ0) is 18.7. The summed E-state index contributed by atoms with van der Waals surface area (Å²) in [6.45, 7) is 10.7. The number of carbonyl (C=O) groups excluding carboxylic acids is 1. The van der Waals surface area contributed by atoms with Crippen molar-refractivity contribution in [2.45, 2.75) is 65.5 Å². The lowest BCUT2D eigenvalue weighted by Crippen LogP contribution is -2.41. The van der Waals surface area contributed by atoms with Gasteiger partial charge in [-0.3, -0.25) is 0 Å². The second kappa shape index (κ2) is 11.3. The van der Waals surface area contributed by atoms with Crippen LogP contribution in [-0.2, 0) is 11.2 Å². The molecule has 0 aromatic heterocycles. The summed E-state index contributed by atoms with van der Waals surface area (Å²) in [5.41, 5.74) is 0.699. The number of rotatable bonds is 10. The fourth-order valence-electron chi connectivity index (χ4n) is 2.23. The second-order valence-corrected chi connectivity index (χ2v) is 8.37. The minimum Gasteiger partial charge on any atom is -0.494 e. The van der Waals surface area contributed by atoms with Gasteiger partial charge in [0, 0.05) is 11.8 Å². The van der Waals surface area contributed by atoms with E-state index in [1.54, 1.807) is 0 Å². The Morgan fingerprint density at radius 3 is 2.44 bits per heavy atom. The Hall–Kier alpha value is -1.36. The molecule has 1 rings (SSSR count). The molecular weight excluding hydrogens is 334 g/mol. The van der Waals surface area contributed by atoms with Crippen molar-refractivity contribution in [1.29, 1.82) is 0 Å². The molecule has 1 N–H and O–H groups in total. The first-order chi connectivity index (χ1) is 11.8. The van der Waals surface area contributed by atoms with Crippen LogP contribution in [0.4, 0.5) is 4.79 Å². The van der Waals surface area contributed by atoms with Crippen molar-refractivity contribution < 1.29 is 14.3 Å². The summed E-state index contributed by atoms with van der Waals surface area (Å²) >= 11 is 1.82. The van der Waals surface area contributed by atoms with E-state index in [9.17, 15) is 4.79 Å². The Kier molecular flexibility index (Phi) is 9.79. The Labute approximate surface area is 157 Å². The highest BCUT2D eigenvalue weighted by atomic mass is 32.2. The summed E-state index contributed by atoms with van der Waals surface area (Å²) in [7, 11) is 0. The standard InChI is InChI=1S/C20H33NO3S/c1-6-8-13-23-18-11-9-16(10-12-18)14-17(15-25-7-2)21-19(22)24-20(3,4)5/h9-12,17H,6-8,13-15H2,1-5H3,(H,21,22)/t17-/m0/s1. The third-order valence-electron chi connectivity index (χ3n) is 3.42. The van der Waals surface area contributed by atoms with Crippen molar-refractivity contribution in [3.8, 4) is 5.75 Å². The Morgan fingerprint density at radius 1 is 1.20 bits per heavy atom. The third kappa shape index (κ3) is 10.3. The molecule has 4 nitrogen and oxygen atoms in total. The third-order valence-corrected chi connectivity index (χ3v) is 4.46. The van der Waals surface area contributed by atoms with Crippen LogP contribution in [0.25, 0.3) is 0 Å². The van der Waals surface area contributed by atoms with Crippen LogP contribution in [0.1, 0.15) is 53.0 Å². The van der Waals surface area contributed by atoms with Crippen molar-refractivity contribution in [3.05, 3.63) is 29.8 Å². The number of hydrogen-bond donors (Lipinski definition) is 1. The van der Waals surface area contributed by atoms with Gasteiger partial charge in [0.05, 0.1) is 6.61 Å². The molecule has 0 heterocycles. The number of benzene rings is 1. The van der Waals surface area contributed by atoms with Crippen LogP contribution >= 0.6 is 11.8 Å². The fourth-order valence-corrected chi connectivity index (χ4v) is 2.95. The lowest BCUT2D eigenvalue weighted by atomic mass is 10.1. The molecule has 0 radical (unpaired) electrons. The first-order valence-corrected chi connectivity index (χ1v) is 10.3. The molecule has 5 heteroatoms. The van der Waals surface area contributed by atoms with E-state index in [1.807, 2.05) is 44.7 Å². The second-order valence-electron chi connectivity index (χ2n) is 7.05. The highest BCUT2D eigenvalue weighted by Crippen LogP contribution is 2.16. The van der Waals surface area contributed by atoms with Crippen LogP contribution in [0.2, 0.25) is 0 Å². The van der Waals surface area contributed by atoms with Gasteiger partial charge >= 0.3 is 6.09 Å². The highest BCUT2D eigenvalue weighted by molar-refractivity contribution is 7.99. The molecule has 1 aromatic rings. The van der Waals surface area contributed by atoms with Crippen LogP contribution in [0.5, 0.6) is 5.75 Å². The smallest absolute Gasteiger partial charge is 0.407 e. The molecule has 0 saturated carbocycles. The largest absolute Gasteiger partial charge is 0.494 e. The maximum atomic E-state index is 12.1. The topological polar surface area (TPSA) is 47.6 Å². The van der Waals surface area contributed by atoms with Crippen molar-refractivity contribution in [2.24, 2.45) is 0 Å². The van der Waals surface area contributed by atoms with Crippen molar-refractivity contribution in [3.63, 3.8) is 0 Å². The van der Waals surface area contributed by atoms with Gasteiger partial charge in [0.15, 0.2) is 0 Å². The molecule has 142 valence electrons. The van der Waals surface area contributed by atoms with Gasteiger partial charge in [-0.1, -0.05) is 32.4 Å². The summed E-state index contributed by atoms with van der Waals surface area (Å²) in [6.07, 6.45) is 2.62. The molecule has 1 aromatic carbocycles. The van der Waals surface area contributed by atoms with Gasteiger partial charge in [0.25, 0.3) is 0 Å². The number of alkyl carbamates (subject to hydrolysis) is 1. The van der Waals surface area contributed by atoms with Crippen LogP contribution < -0.4 is 10.1 Å². The molecule has 0 aliphatic heterocycles. The van der Waals surface area contributed by atoms with E-state index in [4.69, 9.17) is 9.47 Å². The molecule has 0 aliphatic carbocycles. The zero-order valence-corrected chi connectivity index (χ0v) is 17.1. The van der Waals surface area contributed by atoms with Gasteiger partial charge < -0.3 is 14.8 Å². The van der Waals surface area contributed by atoms with Crippen molar-refractivity contribution >= 4 is 17.9 Å². The molecule has 1 atom stereocenters. The number of amides is 1. The number of ether oxygens (including phenoxy) is 2. The van der Waals surface area contributed by atoms with Crippen LogP contribution in [0, 0.1) is 0 Å². The maximum Gasteiger partial charge on any atom is 0.407 e. The first kappa shape index (κ1) is 21.7. The van der Waals surface area contributed by atoms with Gasteiger partial charge in [-0.25, -0.2) is 4.79 Å². The molecule has 1 amide bonds. The average Bonchev–Trinajstić information content (AvgIpc) is 2.52. The number of nitrogens with one attached hydrogen (secondary N) is 1. The molecule has 0 saturated heterocycles. The fraction of sp³-hybridized carbons (Fsp3) is 0.650. The van der Waals surface area contributed by atoms with Crippen molar-refractivity contribution in [1.82, 2.24) is 5.32 Å². The highest BCUT2D eigenvalue weighted by Gasteiger charge is 2.19. The number of hydrogen-bond acceptors (Lipinski definition) is 4. The molecular formula is C20H33NO3S. The first-order valence-electron chi connectivity index (χ1n) is 9.13. The summed E-state index contributed by atoms with van der Waals surface area (Å²) in [6, 6.07) is 8.19. The van der Waals surface area contributed by atoms with Gasteiger partial charge in [0.1, 0.15) is 11.4 Å². The van der Waals surface area contributed by atoms with E-state index >= 15 is 0 Å². The molecule has 0 spiro atoms. The van der Waals surface area contributed by atoms with E-state index in [2.05, 4.69) is 31.3 Å². The molecule has 0 bridgehead atoms. The maximum absolute atomic E-state index is 12.1. The SMILES string of the molecule is CCCCOc1ccc(C[C@@H](CSCC)NC(=O)OC(C)(C)C)cc1. The Bertz CT molecular complexity index is 497. The molecule has 0 unspecified atom stereocenters. The normalized spacial score (nSPS) is 12.5. The molecule has 0 aliphatic rings. The summed E-state index contributed by atoms with van der Waals surface area (Å²) in [4.78, 5) is 12.1. The summed E-state index contributed by atoms with van der Waals surface area (Å²) < 4.78 is 11.1. The lowest BCUT2D eigenvalue weighted by molar-refractivity contribution is 0.0509. The Balaban J connectivity index is 2.60. The monoisotopic (exact) mass is 367 g/mol. The van der Waals surface area contributed by atoms with E-state index in [0.717, 1.165) is 43.1 Å². The van der Waals surface area contributed by atoms with Gasteiger partial charge in [-0.2, -0.15) is 11.8 Å². The number of unbranched alkanes of at least 4 members (excludes halogenated alkanes) is 1. The van der Waals surface area contributed by atoms with Crippen LogP contribution in [-0.4, -0.2) is 35.8 Å². The van der Waals surface area contributed by atoms with Gasteiger partial charge in [-0.15, -0.1) is 0 Å². The predicted molar refractivity (Wildman–Crippen MR) is 107 cm³/mol. The predicted octanol–water partition coefficient (Wildman–Crippen LogP) is 5.05. The van der Waals surface area contributed by atoms with E-state index < -0.39 is 5.60 Å². The van der Waals surface area contributed by atoms with Crippen LogP contribution in [0.15, 0.2) is 24.3 Å².